The number of halogens is 4. The summed E-state index contributed by atoms with van der Waals surface area (Å²) in [5, 5.41) is 2.96. The van der Waals surface area contributed by atoms with Gasteiger partial charge in [-0.2, -0.15) is 0 Å². The second-order valence-corrected chi connectivity index (χ2v) is 6.48. The lowest BCUT2D eigenvalue weighted by atomic mass is 10.2. The topological polar surface area (TPSA) is 35.6 Å². The number of hydrogen-bond acceptors (Lipinski definition) is 2. The Hall–Kier alpha value is -2.25. The van der Waals surface area contributed by atoms with Gasteiger partial charge in [0.25, 0.3) is 0 Å². The fourth-order valence-electron chi connectivity index (χ4n) is 2.82. The Kier molecular flexibility index (Phi) is 5.68. The summed E-state index contributed by atoms with van der Waals surface area (Å²) in [5.74, 6) is -4.30. The van der Waals surface area contributed by atoms with E-state index in [4.69, 9.17) is 11.6 Å². The number of carbonyl (C=O) groups excluding carboxylic acids is 1. The number of nitrogens with zero attached hydrogens (tertiary/aromatic N) is 2. The summed E-state index contributed by atoms with van der Waals surface area (Å²) in [4.78, 5) is 15.9. The summed E-state index contributed by atoms with van der Waals surface area (Å²) < 4.78 is 39.8. The Morgan fingerprint density at radius 1 is 1.04 bits per heavy atom. The fourth-order valence-corrected chi connectivity index (χ4v) is 3.03. The highest BCUT2D eigenvalue weighted by molar-refractivity contribution is 6.30. The highest BCUT2D eigenvalue weighted by Crippen LogP contribution is 2.20. The van der Waals surface area contributed by atoms with Crippen molar-refractivity contribution in [2.45, 2.75) is 6.54 Å². The van der Waals surface area contributed by atoms with E-state index in [-0.39, 0.29) is 5.69 Å². The minimum absolute atomic E-state index is 0.379. The maximum Gasteiger partial charge on any atom is 0.322 e. The lowest BCUT2D eigenvalue weighted by Gasteiger charge is -2.34. The molecule has 2 aromatic rings. The molecule has 0 radical (unpaired) electrons. The molecule has 0 spiro atoms. The third-order valence-corrected chi connectivity index (χ3v) is 4.47. The molecular formula is C18H17ClF3N3O. The average Bonchev–Trinajstić information content (AvgIpc) is 2.63. The molecule has 8 heteroatoms. The average molecular weight is 384 g/mol. The van der Waals surface area contributed by atoms with E-state index in [2.05, 4.69) is 10.2 Å². The van der Waals surface area contributed by atoms with Gasteiger partial charge in [0.2, 0.25) is 0 Å². The largest absolute Gasteiger partial charge is 0.322 e. The molecule has 26 heavy (non-hydrogen) atoms. The van der Waals surface area contributed by atoms with Crippen LogP contribution in [0, 0.1) is 17.5 Å². The van der Waals surface area contributed by atoms with Crippen molar-refractivity contribution < 1.29 is 18.0 Å². The minimum Gasteiger partial charge on any atom is -0.322 e. The molecule has 4 nitrogen and oxygen atoms in total. The van der Waals surface area contributed by atoms with Gasteiger partial charge in [-0.1, -0.05) is 23.7 Å². The summed E-state index contributed by atoms with van der Waals surface area (Å²) in [6.07, 6.45) is 0. The molecule has 0 saturated carbocycles. The van der Waals surface area contributed by atoms with Crippen molar-refractivity contribution >= 4 is 23.3 Å². The van der Waals surface area contributed by atoms with E-state index >= 15 is 0 Å². The van der Waals surface area contributed by atoms with Gasteiger partial charge in [0, 0.05) is 37.7 Å². The molecule has 1 heterocycles. The standard InChI is InChI=1S/C18H17ClF3N3O/c19-13-3-1-2-12(10-13)11-24-6-8-25(9-7-24)18(26)23-15-5-4-14(20)16(21)17(15)22/h1-5,10H,6-9,11H2,(H,23,26). The third kappa shape index (κ3) is 4.28. The van der Waals surface area contributed by atoms with Crippen molar-refractivity contribution in [3.05, 3.63) is 64.4 Å². The molecule has 1 N–H and O–H groups in total. The fraction of sp³-hybridized carbons (Fsp3) is 0.278. The zero-order chi connectivity index (χ0) is 18.7. The van der Waals surface area contributed by atoms with Crippen LogP contribution in [0.3, 0.4) is 0 Å². The van der Waals surface area contributed by atoms with Crippen LogP contribution in [0.1, 0.15) is 5.56 Å². The van der Waals surface area contributed by atoms with Crippen LogP contribution >= 0.6 is 11.6 Å². The normalized spacial score (nSPS) is 15.2. The summed E-state index contributed by atoms with van der Waals surface area (Å²) >= 11 is 5.98. The van der Waals surface area contributed by atoms with Crippen LogP contribution in [-0.2, 0) is 6.54 Å². The second kappa shape index (κ2) is 7.97. The van der Waals surface area contributed by atoms with Gasteiger partial charge in [0.05, 0.1) is 5.69 Å². The molecule has 1 saturated heterocycles. The van der Waals surface area contributed by atoms with E-state index in [0.29, 0.717) is 37.7 Å². The number of anilines is 1. The van der Waals surface area contributed by atoms with Crippen LogP contribution in [0.4, 0.5) is 23.7 Å². The van der Waals surface area contributed by atoms with Gasteiger partial charge in [-0.05, 0) is 29.8 Å². The van der Waals surface area contributed by atoms with Crippen molar-refractivity contribution in [3.8, 4) is 0 Å². The molecule has 0 aromatic heterocycles. The Morgan fingerprint density at radius 2 is 1.77 bits per heavy atom. The number of nitrogens with one attached hydrogen (secondary N) is 1. The van der Waals surface area contributed by atoms with Crippen molar-refractivity contribution in [3.63, 3.8) is 0 Å². The molecule has 1 fully saturated rings. The predicted molar refractivity (Wildman–Crippen MR) is 93.6 cm³/mol. The van der Waals surface area contributed by atoms with Gasteiger partial charge in [-0.15, -0.1) is 0 Å². The number of piperazine rings is 1. The highest BCUT2D eigenvalue weighted by Gasteiger charge is 2.23. The first kappa shape index (κ1) is 18.5. The minimum atomic E-state index is -1.60. The summed E-state index contributed by atoms with van der Waals surface area (Å²) in [6, 6.07) is 8.81. The van der Waals surface area contributed by atoms with E-state index in [0.717, 1.165) is 17.7 Å². The molecule has 138 valence electrons. The monoisotopic (exact) mass is 383 g/mol. The third-order valence-electron chi connectivity index (χ3n) is 4.23. The quantitative estimate of drug-likeness (QED) is 0.810. The first-order chi connectivity index (χ1) is 12.4. The smallest absolute Gasteiger partial charge is 0.322 e. The molecule has 2 amide bonds. The van der Waals surface area contributed by atoms with Gasteiger partial charge < -0.3 is 10.2 Å². The van der Waals surface area contributed by atoms with Crippen molar-refractivity contribution in [1.29, 1.82) is 0 Å². The summed E-state index contributed by atoms with van der Waals surface area (Å²) in [6.45, 7) is 2.88. The first-order valence-electron chi connectivity index (χ1n) is 8.10. The lowest BCUT2D eigenvalue weighted by Crippen LogP contribution is -2.49. The predicted octanol–water partition coefficient (Wildman–Crippen LogP) is 4.11. The number of carbonyl (C=O) groups is 1. The molecule has 1 aliphatic rings. The van der Waals surface area contributed by atoms with E-state index < -0.39 is 23.5 Å². The van der Waals surface area contributed by atoms with Gasteiger partial charge in [0.15, 0.2) is 17.5 Å². The van der Waals surface area contributed by atoms with Crippen molar-refractivity contribution in [2.24, 2.45) is 0 Å². The van der Waals surface area contributed by atoms with E-state index in [1.807, 2.05) is 24.3 Å². The van der Waals surface area contributed by atoms with Crippen LogP contribution < -0.4 is 5.32 Å². The van der Waals surface area contributed by atoms with Crippen LogP contribution in [0.15, 0.2) is 36.4 Å². The Balaban J connectivity index is 1.54. The number of rotatable bonds is 3. The van der Waals surface area contributed by atoms with Crippen LogP contribution in [0.25, 0.3) is 0 Å². The Labute approximate surface area is 154 Å². The zero-order valence-electron chi connectivity index (χ0n) is 13.8. The maximum absolute atomic E-state index is 13.7. The molecule has 0 bridgehead atoms. The SMILES string of the molecule is O=C(Nc1ccc(F)c(F)c1F)N1CCN(Cc2cccc(Cl)c2)CC1. The first-order valence-corrected chi connectivity index (χ1v) is 8.48. The number of urea groups is 1. The molecule has 0 unspecified atom stereocenters. The maximum atomic E-state index is 13.7. The molecule has 3 rings (SSSR count). The molecule has 2 aromatic carbocycles. The highest BCUT2D eigenvalue weighted by atomic mass is 35.5. The van der Waals surface area contributed by atoms with Crippen LogP contribution in [-0.4, -0.2) is 42.0 Å². The summed E-state index contributed by atoms with van der Waals surface area (Å²) in [5.41, 5.74) is 0.703. The summed E-state index contributed by atoms with van der Waals surface area (Å²) in [7, 11) is 0. The number of hydrogen-bond donors (Lipinski definition) is 1. The number of benzene rings is 2. The lowest BCUT2D eigenvalue weighted by molar-refractivity contribution is 0.143. The second-order valence-electron chi connectivity index (χ2n) is 6.05. The Bertz CT molecular complexity index is 810. The van der Waals surface area contributed by atoms with Gasteiger partial charge in [-0.3, -0.25) is 4.90 Å². The number of amides is 2. The Morgan fingerprint density at radius 3 is 2.46 bits per heavy atom. The van der Waals surface area contributed by atoms with Gasteiger partial charge in [-0.25, -0.2) is 18.0 Å². The van der Waals surface area contributed by atoms with E-state index in [1.165, 1.54) is 4.90 Å². The molecule has 0 aliphatic carbocycles. The van der Waals surface area contributed by atoms with Crippen molar-refractivity contribution in [2.75, 3.05) is 31.5 Å². The molecule has 1 aliphatic heterocycles. The zero-order valence-corrected chi connectivity index (χ0v) is 14.6. The van der Waals surface area contributed by atoms with Gasteiger partial charge >= 0.3 is 6.03 Å². The van der Waals surface area contributed by atoms with Gasteiger partial charge in [0.1, 0.15) is 0 Å². The molecular weight excluding hydrogens is 367 g/mol. The van der Waals surface area contributed by atoms with Crippen LogP contribution in [0.5, 0.6) is 0 Å². The molecule has 0 atom stereocenters. The van der Waals surface area contributed by atoms with E-state index in [1.54, 1.807) is 0 Å². The van der Waals surface area contributed by atoms with E-state index in [9.17, 15) is 18.0 Å². The van der Waals surface area contributed by atoms with Crippen LogP contribution in [0.2, 0.25) is 5.02 Å². The van der Waals surface area contributed by atoms with Crippen molar-refractivity contribution in [1.82, 2.24) is 9.80 Å².